The molecule has 142 valence electrons. The summed E-state index contributed by atoms with van der Waals surface area (Å²) in [5, 5.41) is 14.7. The third kappa shape index (κ3) is 6.68. The molecule has 0 atom stereocenters. The van der Waals surface area contributed by atoms with Gasteiger partial charge in [-0.3, -0.25) is 9.59 Å². The van der Waals surface area contributed by atoms with E-state index in [4.69, 9.17) is 4.42 Å². The molecule has 0 saturated carbocycles. The lowest BCUT2D eigenvalue weighted by Crippen LogP contribution is -2.43. The number of hydrogen-bond donors (Lipinski definition) is 2. The maximum atomic E-state index is 12.3. The topological polar surface area (TPSA) is 100 Å². The van der Waals surface area contributed by atoms with Crippen LogP contribution in [-0.4, -0.2) is 51.8 Å². The van der Waals surface area contributed by atoms with Crippen molar-refractivity contribution in [2.45, 2.75) is 37.7 Å². The minimum Gasteiger partial charge on any atom is -0.467 e. The number of hydrogen-bond acceptors (Lipinski definition) is 8. The second-order valence-corrected chi connectivity index (χ2v) is 7.92. The van der Waals surface area contributed by atoms with Crippen molar-refractivity contribution in [3.63, 3.8) is 0 Å². The number of rotatable bonds is 10. The Morgan fingerprint density at radius 1 is 1.38 bits per heavy atom. The van der Waals surface area contributed by atoms with Gasteiger partial charge >= 0.3 is 0 Å². The predicted molar refractivity (Wildman–Crippen MR) is 102 cm³/mol. The molecule has 0 unspecified atom stereocenters. The largest absolute Gasteiger partial charge is 0.467 e. The van der Waals surface area contributed by atoms with E-state index in [0.29, 0.717) is 22.6 Å². The van der Waals surface area contributed by atoms with Crippen LogP contribution < -0.4 is 10.6 Å². The van der Waals surface area contributed by atoms with Gasteiger partial charge in [0.15, 0.2) is 4.34 Å². The maximum Gasteiger partial charge on any atom is 0.239 e. The van der Waals surface area contributed by atoms with Crippen LogP contribution in [0, 0.1) is 0 Å². The number of aromatic nitrogens is 2. The highest BCUT2D eigenvalue weighted by Crippen LogP contribution is 2.26. The first-order valence-electron chi connectivity index (χ1n) is 8.27. The van der Waals surface area contributed by atoms with Gasteiger partial charge < -0.3 is 20.0 Å². The molecule has 0 fully saturated rings. The molecular weight excluding hydrogens is 374 g/mol. The zero-order chi connectivity index (χ0) is 18.9. The van der Waals surface area contributed by atoms with Crippen LogP contribution in [0.2, 0.25) is 0 Å². The highest BCUT2D eigenvalue weighted by atomic mass is 32.2. The van der Waals surface area contributed by atoms with Gasteiger partial charge in [0.05, 0.1) is 25.1 Å². The Balaban J connectivity index is 1.77. The molecule has 26 heavy (non-hydrogen) atoms. The average molecular weight is 398 g/mol. The van der Waals surface area contributed by atoms with Gasteiger partial charge in [-0.25, -0.2) is 0 Å². The van der Waals surface area contributed by atoms with Crippen LogP contribution in [-0.2, 0) is 16.1 Å². The number of carbonyl (C=O) groups is 2. The molecule has 0 radical (unpaired) electrons. The summed E-state index contributed by atoms with van der Waals surface area (Å²) in [5.41, 5.74) is 0. The molecule has 0 aliphatic heterocycles. The summed E-state index contributed by atoms with van der Waals surface area (Å²) in [6.07, 6.45) is 1.62. The van der Waals surface area contributed by atoms with Gasteiger partial charge in [0.25, 0.3) is 0 Å². The molecular formula is C16H23N5O3S2. The van der Waals surface area contributed by atoms with Gasteiger partial charge in [0, 0.05) is 12.6 Å². The lowest BCUT2D eigenvalue weighted by atomic mass is 10.3. The number of carbonyl (C=O) groups excluding carboxylic acids is 2. The van der Waals surface area contributed by atoms with Crippen LogP contribution in [0.15, 0.2) is 27.2 Å². The van der Waals surface area contributed by atoms with Crippen LogP contribution in [0.3, 0.4) is 0 Å². The Hall–Kier alpha value is -2.07. The third-order valence-corrected chi connectivity index (χ3v) is 5.24. The number of likely N-dealkylation sites (N-methyl/N-ethyl adjacent to an activating group) is 1. The Labute approximate surface area is 160 Å². The summed E-state index contributed by atoms with van der Waals surface area (Å²) in [7, 11) is 0. The van der Waals surface area contributed by atoms with Gasteiger partial charge in [0.1, 0.15) is 5.76 Å². The second kappa shape index (κ2) is 10.2. The van der Waals surface area contributed by atoms with E-state index < -0.39 is 0 Å². The molecule has 0 aromatic carbocycles. The highest BCUT2D eigenvalue weighted by Gasteiger charge is 2.17. The number of furan rings is 1. The summed E-state index contributed by atoms with van der Waals surface area (Å²) >= 11 is 2.69. The van der Waals surface area contributed by atoms with Gasteiger partial charge in [-0.15, -0.1) is 10.2 Å². The summed E-state index contributed by atoms with van der Waals surface area (Å²) in [6.45, 7) is 6.71. The number of thioether (sulfide) groups is 1. The van der Waals surface area contributed by atoms with Crippen molar-refractivity contribution >= 4 is 40.0 Å². The lowest BCUT2D eigenvalue weighted by molar-refractivity contribution is -0.134. The molecule has 2 rings (SSSR count). The minimum atomic E-state index is -0.152. The van der Waals surface area contributed by atoms with Crippen LogP contribution in [0.1, 0.15) is 26.5 Å². The molecule has 10 heteroatoms. The maximum absolute atomic E-state index is 12.3. The minimum absolute atomic E-state index is 0.0548. The van der Waals surface area contributed by atoms with E-state index in [0.717, 1.165) is 5.76 Å². The summed E-state index contributed by atoms with van der Waals surface area (Å²) in [5.74, 6) is 0.773. The second-order valence-electron chi connectivity index (χ2n) is 5.72. The Kier molecular flexibility index (Phi) is 7.92. The normalized spacial score (nSPS) is 10.8. The Morgan fingerprint density at radius 3 is 2.85 bits per heavy atom. The van der Waals surface area contributed by atoms with Crippen molar-refractivity contribution in [2.75, 3.05) is 24.2 Å². The van der Waals surface area contributed by atoms with Gasteiger partial charge in [-0.1, -0.05) is 23.1 Å². The van der Waals surface area contributed by atoms with Gasteiger partial charge in [-0.05, 0) is 32.9 Å². The number of anilines is 1. The smallest absolute Gasteiger partial charge is 0.239 e. The molecule has 2 amide bonds. The molecule has 0 spiro atoms. The molecule has 0 saturated heterocycles. The molecule has 2 aromatic heterocycles. The number of amides is 2. The molecule has 0 aliphatic carbocycles. The van der Waals surface area contributed by atoms with Crippen molar-refractivity contribution in [2.24, 2.45) is 0 Å². The molecule has 0 bridgehead atoms. The third-order valence-electron chi connectivity index (χ3n) is 3.24. The number of nitrogens with one attached hydrogen (secondary N) is 2. The van der Waals surface area contributed by atoms with Crippen LogP contribution in [0.5, 0.6) is 0 Å². The van der Waals surface area contributed by atoms with E-state index in [1.807, 2.05) is 32.9 Å². The van der Waals surface area contributed by atoms with Crippen LogP contribution in [0.4, 0.5) is 5.13 Å². The summed E-state index contributed by atoms with van der Waals surface area (Å²) in [4.78, 5) is 25.7. The predicted octanol–water partition coefficient (Wildman–Crippen LogP) is 2.21. The van der Waals surface area contributed by atoms with Crippen LogP contribution >= 0.6 is 23.1 Å². The fourth-order valence-corrected chi connectivity index (χ4v) is 3.70. The molecule has 2 heterocycles. The van der Waals surface area contributed by atoms with Crippen molar-refractivity contribution in [1.29, 1.82) is 0 Å². The SMILES string of the molecule is CCN(CC(=O)NC(C)C)C(=O)CSc1nnc(NCc2ccco2)s1. The zero-order valence-corrected chi connectivity index (χ0v) is 16.7. The van der Waals surface area contributed by atoms with Crippen molar-refractivity contribution in [3.05, 3.63) is 24.2 Å². The fourth-order valence-electron chi connectivity index (χ4n) is 2.05. The summed E-state index contributed by atoms with van der Waals surface area (Å²) < 4.78 is 5.94. The number of nitrogens with zero attached hydrogens (tertiary/aromatic N) is 3. The van der Waals surface area contributed by atoms with E-state index in [1.54, 1.807) is 6.26 Å². The standard InChI is InChI=1S/C16H23N5O3S2/c1-4-21(9-13(22)18-11(2)3)14(23)10-25-16-20-19-15(26-16)17-8-12-6-5-7-24-12/h5-7,11H,4,8-10H2,1-3H3,(H,17,19)(H,18,22). The summed E-state index contributed by atoms with van der Waals surface area (Å²) in [6, 6.07) is 3.75. The first-order chi connectivity index (χ1) is 12.5. The first kappa shape index (κ1) is 20.2. The molecule has 2 aromatic rings. The molecule has 2 N–H and O–H groups in total. The van der Waals surface area contributed by atoms with E-state index in [1.165, 1.54) is 28.0 Å². The average Bonchev–Trinajstić information content (AvgIpc) is 3.26. The lowest BCUT2D eigenvalue weighted by Gasteiger charge is -2.20. The van der Waals surface area contributed by atoms with E-state index in [-0.39, 0.29) is 30.2 Å². The zero-order valence-electron chi connectivity index (χ0n) is 15.0. The van der Waals surface area contributed by atoms with Crippen molar-refractivity contribution < 1.29 is 14.0 Å². The highest BCUT2D eigenvalue weighted by molar-refractivity contribution is 8.01. The van der Waals surface area contributed by atoms with E-state index >= 15 is 0 Å². The van der Waals surface area contributed by atoms with Crippen molar-refractivity contribution in [1.82, 2.24) is 20.4 Å². The van der Waals surface area contributed by atoms with Crippen LogP contribution in [0.25, 0.3) is 0 Å². The van der Waals surface area contributed by atoms with Gasteiger partial charge in [0.2, 0.25) is 16.9 Å². The quantitative estimate of drug-likeness (QED) is 0.593. The van der Waals surface area contributed by atoms with E-state index in [9.17, 15) is 9.59 Å². The molecule has 8 nitrogen and oxygen atoms in total. The Bertz CT molecular complexity index is 703. The Morgan fingerprint density at radius 2 is 2.19 bits per heavy atom. The fraction of sp³-hybridized carbons (Fsp3) is 0.500. The van der Waals surface area contributed by atoms with Crippen molar-refractivity contribution in [3.8, 4) is 0 Å². The van der Waals surface area contributed by atoms with Gasteiger partial charge in [-0.2, -0.15) is 0 Å². The molecule has 0 aliphatic rings. The monoisotopic (exact) mass is 397 g/mol. The van der Waals surface area contributed by atoms with E-state index in [2.05, 4.69) is 20.8 Å². The first-order valence-corrected chi connectivity index (χ1v) is 10.1.